The van der Waals surface area contributed by atoms with E-state index in [0.717, 1.165) is 25.7 Å². The molecule has 0 aromatic rings. The average molecular weight is 930 g/mol. The fourth-order valence-corrected chi connectivity index (χ4v) is 9.87. The molecule has 4 heteroatoms. The van der Waals surface area contributed by atoms with Gasteiger partial charge < -0.3 is 9.84 Å². The van der Waals surface area contributed by atoms with Crippen molar-refractivity contribution in [1.29, 1.82) is 0 Å². The van der Waals surface area contributed by atoms with Crippen molar-refractivity contribution in [2.75, 3.05) is 6.61 Å². The standard InChI is InChI=1S/C62H120O4/c1-2-3-4-5-6-7-8-9-10-11-31-35-38-41-44-47-50-53-56-59-62(65)66-60-57-54-51-48-45-42-39-36-33-30-28-26-24-22-20-18-16-14-12-13-15-17-19-21-23-25-27-29-32-34-37-40-43-46-49-52-55-58-61(63)64/h9-10H,2-8,11-60H2,1H3,(H,63,64). The van der Waals surface area contributed by atoms with Gasteiger partial charge in [-0.2, -0.15) is 0 Å². The first-order valence-electron chi connectivity index (χ1n) is 30.7. The molecule has 0 aromatic heterocycles. The van der Waals surface area contributed by atoms with Crippen LogP contribution in [0.4, 0.5) is 0 Å². The topological polar surface area (TPSA) is 63.6 Å². The molecule has 0 atom stereocenters. The Morgan fingerprint density at radius 3 is 0.758 bits per heavy atom. The maximum absolute atomic E-state index is 12.1. The van der Waals surface area contributed by atoms with Crippen LogP contribution >= 0.6 is 0 Å². The summed E-state index contributed by atoms with van der Waals surface area (Å²) in [6.07, 6.45) is 79.2. The Kier molecular flexibility index (Phi) is 58.6. The third-order valence-corrected chi connectivity index (χ3v) is 14.4. The van der Waals surface area contributed by atoms with Gasteiger partial charge in [0.2, 0.25) is 0 Å². The number of hydrogen-bond acceptors (Lipinski definition) is 3. The van der Waals surface area contributed by atoms with Crippen LogP contribution in [0.15, 0.2) is 12.2 Å². The highest BCUT2D eigenvalue weighted by atomic mass is 16.5. The highest BCUT2D eigenvalue weighted by Crippen LogP contribution is 2.19. The number of carbonyl (C=O) groups is 2. The predicted octanol–water partition coefficient (Wildman–Crippen LogP) is 22.0. The lowest BCUT2D eigenvalue weighted by Gasteiger charge is -2.06. The van der Waals surface area contributed by atoms with Gasteiger partial charge in [-0.25, -0.2) is 0 Å². The number of esters is 1. The molecule has 0 aliphatic rings. The molecule has 0 aromatic carbocycles. The van der Waals surface area contributed by atoms with Gasteiger partial charge in [0.15, 0.2) is 0 Å². The number of aliphatic carboxylic acids is 1. The molecule has 0 unspecified atom stereocenters. The first kappa shape index (κ1) is 64.7. The number of carbonyl (C=O) groups excluding carboxylic acids is 1. The van der Waals surface area contributed by atoms with Gasteiger partial charge in [0.1, 0.15) is 0 Å². The largest absolute Gasteiger partial charge is 0.481 e. The molecule has 392 valence electrons. The van der Waals surface area contributed by atoms with E-state index in [2.05, 4.69) is 19.1 Å². The van der Waals surface area contributed by atoms with Crippen molar-refractivity contribution in [2.45, 2.75) is 366 Å². The van der Waals surface area contributed by atoms with Crippen LogP contribution in [-0.2, 0) is 14.3 Å². The zero-order valence-corrected chi connectivity index (χ0v) is 45.1. The number of carboxylic acid groups (broad SMARTS) is 1. The zero-order chi connectivity index (χ0) is 47.6. The Morgan fingerprint density at radius 1 is 0.288 bits per heavy atom. The van der Waals surface area contributed by atoms with E-state index in [4.69, 9.17) is 9.84 Å². The number of allylic oxidation sites excluding steroid dienone is 2. The first-order valence-corrected chi connectivity index (χ1v) is 30.7. The lowest BCUT2D eigenvalue weighted by molar-refractivity contribution is -0.144. The van der Waals surface area contributed by atoms with Crippen molar-refractivity contribution in [3.63, 3.8) is 0 Å². The summed E-state index contributed by atoms with van der Waals surface area (Å²) in [7, 11) is 0. The molecule has 4 nitrogen and oxygen atoms in total. The molecule has 0 heterocycles. The van der Waals surface area contributed by atoms with Gasteiger partial charge in [0.25, 0.3) is 0 Å². The molecule has 0 bridgehead atoms. The van der Waals surface area contributed by atoms with Gasteiger partial charge in [-0.15, -0.1) is 0 Å². The summed E-state index contributed by atoms with van der Waals surface area (Å²) in [5.74, 6) is -0.625. The molecule has 0 rings (SSSR count). The number of rotatable bonds is 59. The predicted molar refractivity (Wildman–Crippen MR) is 292 cm³/mol. The van der Waals surface area contributed by atoms with E-state index in [9.17, 15) is 9.59 Å². The Labute approximate surface area is 415 Å². The van der Waals surface area contributed by atoms with Crippen LogP contribution in [0.3, 0.4) is 0 Å². The molecule has 0 saturated heterocycles. The lowest BCUT2D eigenvalue weighted by atomic mass is 10.0. The third kappa shape index (κ3) is 60.7. The Hall–Kier alpha value is -1.32. The Balaban J connectivity index is 3.15. The molecule has 0 aliphatic carbocycles. The SMILES string of the molecule is CCCCCCCCC=CCCCCCCCCCCCC(=O)OCCCCCCCCCCCCCCCCCCCCCCCCCCCCCCCCCCCCCCCC(=O)O. The summed E-state index contributed by atoms with van der Waals surface area (Å²) in [5.41, 5.74) is 0. The molecule has 0 radical (unpaired) electrons. The lowest BCUT2D eigenvalue weighted by Crippen LogP contribution is -2.05. The number of carboxylic acids is 1. The smallest absolute Gasteiger partial charge is 0.305 e. The van der Waals surface area contributed by atoms with Gasteiger partial charge in [-0.05, 0) is 44.9 Å². The van der Waals surface area contributed by atoms with Gasteiger partial charge in [0, 0.05) is 12.8 Å². The summed E-state index contributed by atoms with van der Waals surface area (Å²) < 4.78 is 5.51. The minimum atomic E-state index is -0.650. The second-order valence-electron chi connectivity index (χ2n) is 21.2. The van der Waals surface area contributed by atoms with Gasteiger partial charge in [0.05, 0.1) is 6.61 Å². The van der Waals surface area contributed by atoms with Crippen molar-refractivity contribution in [3.05, 3.63) is 12.2 Å². The molecular weight excluding hydrogens is 809 g/mol. The third-order valence-electron chi connectivity index (χ3n) is 14.4. The van der Waals surface area contributed by atoms with E-state index >= 15 is 0 Å². The van der Waals surface area contributed by atoms with Crippen LogP contribution in [0, 0.1) is 0 Å². The monoisotopic (exact) mass is 929 g/mol. The molecule has 0 saturated carbocycles. The van der Waals surface area contributed by atoms with Crippen LogP contribution in [0.25, 0.3) is 0 Å². The average Bonchev–Trinajstić information content (AvgIpc) is 3.31. The molecule has 1 N–H and O–H groups in total. The van der Waals surface area contributed by atoms with Crippen molar-refractivity contribution in [3.8, 4) is 0 Å². The summed E-state index contributed by atoms with van der Waals surface area (Å²) in [6.45, 7) is 2.91. The molecular formula is C62H120O4. The summed E-state index contributed by atoms with van der Waals surface area (Å²) >= 11 is 0. The van der Waals surface area contributed by atoms with Crippen molar-refractivity contribution < 1.29 is 19.4 Å². The van der Waals surface area contributed by atoms with E-state index in [0.29, 0.717) is 19.4 Å². The van der Waals surface area contributed by atoms with Crippen LogP contribution < -0.4 is 0 Å². The van der Waals surface area contributed by atoms with Crippen molar-refractivity contribution >= 4 is 11.9 Å². The molecule has 66 heavy (non-hydrogen) atoms. The fraction of sp³-hybridized carbons (Fsp3) is 0.935. The van der Waals surface area contributed by atoms with Crippen molar-refractivity contribution in [1.82, 2.24) is 0 Å². The first-order chi connectivity index (χ1) is 32.7. The van der Waals surface area contributed by atoms with E-state index in [1.54, 1.807) is 0 Å². The van der Waals surface area contributed by atoms with Crippen LogP contribution in [0.1, 0.15) is 366 Å². The molecule has 0 aliphatic heterocycles. The summed E-state index contributed by atoms with van der Waals surface area (Å²) in [5, 5.41) is 8.68. The van der Waals surface area contributed by atoms with Crippen LogP contribution in [0.2, 0.25) is 0 Å². The number of ether oxygens (including phenoxy) is 1. The van der Waals surface area contributed by atoms with Gasteiger partial charge in [-0.3, -0.25) is 9.59 Å². The number of hydrogen-bond donors (Lipinski definition) is 1. The highest BCUT2D eigenvalue weighted by molar-refractivity contribution is 5.69. The summed E-state index contributed by atoms with van der Waals surface area (Å²) in [4.78, 5) is 22.6. The quantitative estimate of drug-likeness (QED) is 0.0375. The van der Waals surface area contributed by atoms with E-state index in [1.165, 1.54) is 321 Å². The van der Waals surface area contributed by atoms with Crippen molar-refractivity contribution in [2.24, 2.45) is 0 Å². The second-order valence-corrected chi connectivity index (χ2v) is 21.2. The minimum Gasteiger partial charge on any atom is -0.481 e. The maximum atomic E-state index is 12.1. The fourth-order valence-electron chi connectivity index (χ4n) is 9.87. The number of unbranched alkanes of at least 4 members (excludes halogenated alkanes) is 51. The molecule has 0 spiro atoms. The van der Waals surface area contributed by atoms with E-state index in [-0.39, 0.29) is 5.97 Å². The zero-order valence-electron chi connectivity index (χ0n) is 45.1. The van der Waals surface area contributed by atoms with E-state index < -0.39 is 5.97 Å². The minimum absolute atomic E-state index is 0.0251. The second kappa shape index (κ2) is 59.8. The maximum Gasteiger partial charge on any atom is 0.305 e. The Bertz CT molecular complexity index is 944. The van der Waals surface area contributed by atoms with E-state index in [1.807, 2.05) is 0 Å². The normalized spacial score (nSPS) is 11.7. The molecule has 0 fully saturated rings. The van der Waals surface area contributed by atoms with Crippen LogP contribution in [-0.4, -0.2) is 23.7 Å². The van der Waals surface area contributed by atoms with Gasteiger partial charge >= 0.3 is 11.9 Å². The van der Waals surface area contributed by atoms with Gasteiger partial charge in [-0.1, -0.05) is 321 Å². The molecule has 0 amide bonds. The Morgan fingerprint density at radius 2 is 0.500 bits per heavy atom. The summed E-state index contributed by atoms with van der Waals surface area (Å²) in [6, 6.07) is 0. The highest BCUT2D eigenvalue weighted by Gasteiger charge is 2.04. The van der Waals surface area contributed by atoms with Crippen LogP contribution in [0.5, 0.6) is 0 Å².